The Labute approximate surface area is 116 Å². The van der Waals surface area contributed by atoms with Gasteiger partial charge in [-0.2, -0.15) is 0 Å². The van der Waals surface area contributed by atoms with Crippen LogP contribution < -0.4 is 15.5 Å². The number of H-pyrrole nitrogens is 1. The van der Waals surface area contributed by atoms with Gasteiger partial charge < -0.3 is 15.6 Å². The molecule has 2 rings (SSSR count). The number of thiazole rings is 1. The van der Waals surface area contributed by atoms with Gasteiger partial charge in [0.2, 0.25) is 5.91 Å². The third-order valence-corrected chi connectivity index (χ3v) is 4.41. The molecule has 1 amide bonds. The lowest BCUT2D eigenvalue weighted by Gasteiger charge is -2.27. The van der Waals surface area contributed by atoms with Gasteiger partial charge in [-0.15, -0.1) is 0 Å². The molecule has 1 aromatic rings. The molecule has 3 N–H and O–H groups in total. The molecule has 0 aliphatic carbocycles. The van der Waals surface area contributed by atoms with Crippen LogP contribution in [0.4, 0.5) is 0 Å². The van der Waals surface area contributed by atoms with E-state index in [9.17, 15) is 9.59 Å². The van der Waals surface area contributed by atoms with Gasteiger partial charge in [-0.25, -0.2) is 0 Å². The molecular weight excluding hydrogens is 262 g/mol. The van der Waals surface area contributed by atoms with E-state index in [4.69, 9.17) is 0 Å². The number of amides is 1. The monoisotopic (exact) mass is 283 g/mol. The number of aromatic amines is 1. The van der Waals surface area contributed by atoms with Crippen molar-refractivity contribution < 1.29 is 4.79 Å². The molecule has 1 aromatic heterocycles. The van der Waals surface area contributed by atoms with Crippen molar-refractivity contribution in [3.63, 3.8) is 0 Å². The van der Waals surface area contributed by atoms with E-state index in [0.29, 0.717) is 24.8 Å². The summed E-state index contributed by atoms with van der Waals surface area (Å²) in [4.78, 5) is 25.4. The third kappa shape index (κ3) is 4.47. The highest BCUT2D eigenvalue weighted by atomic mass is 32.1. The molecule has 1 saturated heterocycles. The Morgan fingerprint density at radius 1 is 1.63 bits per heavy atom. The fourth-order valence-corrected chi connectivity index (χ4v) is 3.07. The van der Waals surface area contributed by atoms with E-state index >= 15 is 0 Å². The molecule has 0 spiro atoms. The van der Waals surface area contributed by atoms with Crippen molar-refractivity contribution in [1.29, 1.82) is 0 Å². The van der Waals surface area contributed by atoms with Crippen LogP contribution in [0.25, 0.3) is 0 Å². The van der Waals surface area contributed by atoms with Crippen LogP contribution in [0.2, 0.25) is 0 Å². The number of piperidine rings is 1. The third-order valence-electron chi connectivity index (χ3n) is 3.69. The van der Waals surface area contributed by atoms with Gasteiger partial charge in [0.25, 0.3) is 0 Å². The second-order valence-electron chi connectivity index (χ2n) is 5.24. The fraction of sp³-hybridized carbons (Fsp3) is 0.692. The van der Waals surface area contributed by atoms with Crippen LogP contribution in [-0.2, 0) is 11.3 Å². The Morgan fingerprint density at radius 3 is 3.11 bits per heavy atom. The molecule has 2 atom stereocenters. The van der Waals surface area contributed by atoms with Crippen molar-refractivity contribution in [1.82, 2.24) is 15.6 Å². The lowest BCUT2D eigenvalue weighted by Crippen LogP contribution is -2.35. The summed E-state index contributed by atoms with van der Waals surface area (Å²) in [5, 5.41) is 7.99. The second kappa shape index (κ2) is 6.86. The predicted octanol–water partition coefficient (Wildman–Crippen LogP) is 1.08. The number of rotatable bonds is 5. The zero-order valence-corrected chi connectivity index (χ0v) is 12.0. The Kier molecular flexibility index (Phi) is 5.15. The van der Waals surface area contributed by atoms with Gasteiger partial charge in [-0.1, -0.05) is 18.3 Å². The van der Waals surface area contributed by atoms with Crippen molar-refractivity contribution in [3.05, 3.63) is 20.7 Å². The molecule has 5 nitrogen and oxygen atoms in total. The fourth-order valence-electron chi connectivity index (χ4n) is 2.49. The van der Waals surface area contributed by atoms with E-state index in [2.05, 4.69) is 22.5 Å². The number of aromatic nitrogens is 1. The van der Waals surface area contributed by atoms with E-state index < -0.39 is 0 Å². The van der Waals surface area contributed by atoms with Crippen molar-refractivity contribution in [2.45, 2.75) is 32.7 Å². The van der Waals surface area contributed by atoms with Crippen LogP contribution >= 0.6 is 11.3 Å². The molecule has 6 heteroatoms. The lowest BCUT2D eigenvalue weighted by atomic mass is 9.85. The number of carbonyl (C=O) groups excluding carboxylic acids is 1. The Balaban J connectivity index is 1.72. The van der Waals surface area contributed by atoms with Gasteiger partial charge in [0.1, 0.15) is 0 Å². The van der Waals surface area contributed by atoms with Crippen LogP contribution in [0.3, 0.4) is 0 Å². The molecule has 1 aliphatic heterocycles. The molecule has 19 heavy (non-hydrogen) atoms. The second-order valence-corrected chi connectivity index (χ2v) is 6.08. The first-order valence-electron chi connectivity index (χ1n) is 6.79. The summed E-state index contributed by atoms with van der Waals surface area (Å²) in [5.74, 6) is 1.06. The topological polar surface area (TPSA) is 74.0 Å². The predicted molar refractivity (Wildman–Crippen MR) is 76.2 cm³/mol. The molecule has 1 aliphatic rings. The highest BCUT2D eigenvalue weighted by Crippen LogP contribution is 2.22. The molecule has 0 bridgehead atoms. The Morgan fingerprint density at radius 2 is 2.47 bits per heavy atom. The SMILES string of the molecule is CC(CC(=O)NCc1csc(=O)[nH]1)C1CCCNC1. The van der Waals surface area contributed by atoms with E-state index in [-0.39, 0.29) is 10.8 Å². The average Bonchev–Trinajstić information content (AvgIpc) is 2.83. The number of hydrogen-bond acceptors (Lipinski definition) is 4. The minimum Gasteiger partial charge on any atom is -0.350 e. The summed E-state index contributed by atoms with van der Waals surface area (Å²) >= 11 is 1.12. The highest BCUT2D eigenvalue weighted by molar-refractivity contribution is 7.07. The zero-order valence-electron chi connectivity index (χ0n) is 11.2. The van der Waals surface area contributed by atoms with Gasteiger partial charge in [-0.05, 0) is 37.8 Å². The maximum absolute atomic E-state index is 11.9. The van der Waals surface area contributed by atoms with Gasteiger partial charge >= 0.3 is 4.87 Å². The summed E-state index contributed by atoms with van der Waals surface area (Å²) in [6.45, 7) is 4.67. The van der Waals surface area contributed by atoms with Gasteiger partial charge in [0.05, 0.1) is 6.54 Å². The van der Waals surface area contributed by atoms with Crippen LogP contribution in [0.15, 0.2) is 10.2 Å². The quantitative estimate of drug-likeness (QED) is 0.757. The molecule has 0 saturated carbocycles. The van der Waals surface area contributed by atoms with E-state index in [1.807, 2.05) is 0 Å². The molecular formula is C13H21N3O2S. The number of hydrogen-bond donors (Lipinski definition) is 3. The summed E-state index contributed by atoms with van der Waals surface area (Å²) in [7, 11) is 0. The first-order valence-corrected chi connectivity index (χ1v) is 7.67. The van der Waals surface area contributed by atoms with Gasteiger partial charge in [0.15, 0.2) is 0 Å². The van der Waals surface area contributed by atoms with Crippen LogP contribution in [0, 0.1) is 11.8 Å². The molecule has 2 heterocycles. The summed E-state index contributed by atoms with van der Waals surface area (Å²) in [6.07, 6.45) is 2.97. The Hall–Kier alpha value is -1.14. The first-order chi connectivity index (χ1) is 9.15. The number of nitrogens with one attached hydrogen (secondary N) is 3. The van der Waals surface area contributed by atoms with Crippen molar-refractivity contribution >= 4 is 17.2 Å². The largest absolute Gasteiger partial charge is 0.350 e. The summed E-state index contributed by atoms with van der Waals surface area (Å²) in [6, 6.07) is 0. The first kappa shape index (κ1) is 14.3. The van der Waals surface area contributed by atoms with E-state index in [1.54, 1.807) is 5.38 Å². The van der Waals surface area contributed by atoms with Gasteiger partial charge in [-0.3, -0.25) is 9.59 Å². The van der Waals surface area contributed by atoms with Crippen molar-refractivity contribution in [2.24, 2.45) is 11.8 Å². The highest BCUT2D eigenvalue weighted by Gasteiger charge is 2.21. The smallest absolute Gasteiger partial charge is 0.304 e. The lowest BCUT2D eigenvalue weighted by molar-refractivity contribution is -0.122. The molecule has 106 valence electrons. The Bertz CT molecular complexity index is 462. The maximum Gasteiger partial charge on any atom is 0.304 e. The standard InChI is InChI=1S/C13H21N3O2S/c1-9(10-3-2-4-14-6-10)5-12(17)15-7-11-8-19-13(18)16-11/h8-10,14H,2-7H2,1H3,(H,15,17)(H,16,18). The maximum atomic E-state index is 11.9. The molecule has 2 unspecified atom stereocenters. The summed E-state index contributed by atoms with van der Waals surface area (Å²) < 4.78 is 0. The number of carbonyl (C=O) groups is 1. The van der Waals surface area contributed by atoms with Crippen LogP contribution in [-0.4, -0.2) is 24.0 Å². The van der Waals surface area contributed by atoms with E-state index in [1.165, 1.54) is 12.8 Å². The van der Waals surface area contributed by atoms with E-state index in [0.717, 1.165) is 30.1 Å². The van der Waals surface area contributed by atoms with Gasteiger partial charge in [0, 0.05) is 17.5 Å². The zero-order chi connectivity index (χ0) is 13.7. The van der Waals surface area contributed by atoms with Crippen molar-refractivity contribution in [2.75, 3.05) is 13.1 Å². The average molecular weight is 283 g/mol. The van der Waals surface area contributed by atoms with Crippen LogP contribution in [0.5, 0.6) is 0 Å². The molecule has 0 aromatic carbocycles. The normalized spacial score (nSPS) is 21.0. The molecule has 0 radical (unpaired) electrons. The minimum absolute atomic E-state index is 0.0603. The van der Waals surface area contributed by atoms with Crippen molar-refractivity contribution in [3.8, 4) is 0 Å². The summed E-state index contributed by atoms with van der Waals surface area (Å²) in [5.41, 5.74) is 0.773. The minimum atomic E-state index is -0.0779. The van der Waals surface area contributed by atoms with Crippen LogP contribution in [0.1, 0.15) is 31.9 Å². The molecule has 1 fully saturated rings.